The van der Waals surface area contributed by atoms with Crippen molar-refractivity contribution in [3.8, 4) is 0 Å². The van der Waals surface area contributed by atoms with Crippen molar-refractivity contribution in [3.63, 3.8) is 0 Å². The van der Waals surface area contributed by atoms with Gasteiger partial charge in [0.1, 0.15) is 6.10 Å². The second-order valence-corrected chi connectivity index (χ2v) is 8.42. The van der Waals surface area contributed by atoms with E-state index in [9.17, 15) is 10.2 Å². The molecule has 4 nitrogen and oxygen atoms in total. The van der Waals surface area contributed by atoms with E-state index in [1.54, 1.807) is 0 Å². The Bertz CT molecular complexity index is 713. The van der Waals surface area contributed by atoms with Gasteiger partial charge in [-0.2, -0.15) is 0 Å². The molecule has 0 heterocycles. The highest BCUT2D eigenvalue weighted by molar-refractivity contribution is 5.23. The van der Waals surface area contributed by atoms with Crippen LogP contribution in [0.25, 0.3) is 0 Å². The summed E-state index contributed by atoms with van der Waals surface area (Å²) in [5.41, 5.74) is 1.54. The number of unbranched alkanes of at least 4 members (excludes halogenated alkanes) is 5. The molecule has 0 aromatic heterocycles. The van der Waals surface area contributed by atoms with Crippen LogP contribution in [0.15, 0.2) is 60.7 Å². The van der Waals surface area contributed by atoms with Gasteiger partial charge in [-0.25, -0.2) is 0 Å². The van der Waals surface area contributed by atoms with Crippen molar-refractivity contribution in [2.45, 2.75) is 83.7 Å². The third-order valence-electron chi connectivity index (χ3n) is 6.14. The van der Waals surface area contributed by atoms with Gasteiger partial charge in [0.05, 0.1) is 6.10 Å². The Kier molecular flexibility index (Phi) is 12.0. The molecule has 0 saturated carbocycles. The molecule has 0 aliphatic heterocycles. The zero-order valence-corrected chi connectivity index (χ0v) is 20.1. The molecule has 3 unspecified atom stereocenters. The van der Waals surface area contributed by atoms with E-state index in [-0.39, 0.29) is 0 Å². The van der Waals surface area contributed by atoms with Crippen LogP contribution >= 0.6 is 0 Å². The minimum absolute atomic E-state index is 0.373. The standard InChI is InChI=1S/C28H42O4/c1-4-7-8-9-10-17-22-25(26(29)23-18-13-11-14-19-23)28(31-5-2,32-6-3)27(30)24-20-15-12-16-21-24/h11-16,18-21,25-27,29-30H,4-10,17,22H2,1-3H3. The molecule has 178 valence electrons. The SMILES string of the molecule is CCCCCCCCC(C(O)c1ccccc1)C(OCC)(OCC)C(O)c1ccccc1. The van der Waals surface area contributed by atoms with Crippen molar-refractivity contribution in [1.82, 2.24) is 0 Å². The average Bonchev–Trinajstić information content (AvgIpc) is 2.84. The highest BCUT2D eigenvalue weighted by atomic mass is 16.7. The van der Waals surface area contributed by atoms with Gasteiger partial charge < -0.3 is 19.7 Å². The van der Waals surface area contributed by atoms with Gasteiger partial charge in [0.2, 0.25) is 5.79 Å². The Morgan fingerprint density at radius 1 is 0.688 bits per heavy atom. The second-order valence-electron chi connectivity index (χ2n) is 8.42. The van der Waals surface area contributed by atoms with Crippen LogP contribution in [0.4, 0.5) is 0 Å². The van der Waals surface area contributed by atoms with Gasteiger partial charge in [-0.1, -0.05) is 106 Å². The summed E-state index contributed by atoms with van der Waals surface area (Å²) in [6, 6.07) is 19.1. The highest BCUT2D eigenvalue weighted by Crippen LogP contribution is 2.45. The lowest BCUT2D eigenvalue weighted by atomic mass is 9.79. The van der Waals surface area contributed by atoms with Gasteiger partial charge in [0.25, 0.3) is 0 Å². The fourth-order valence-electron chi connectivity index (χ4n) is 4.54. The van der Waals surface area contributed by atoms with Crippen LogP contribution in [0.1, 0.15) is 89.1 Å². The molecule has 0 fully saturated rings. The van der Waals surface area contributed by atoms with Crippen molar-refractivity contribution in [2.75, 3.05) is 13.2 Å². The maximum absolute atomic E-state index is 11.6. The molecule has 2 aromatic rings. The monoisotopic (exact) mass is 442 g/mol. The van der Waals surface area contributed by atoms with Crippen LogP contribution in [-0.4, -0.2) is 29.2 Å². The lowest BCUT2D eigenvalue weighted by molar-refractivity contribution is -0.323. The highest BCUT2D eigenvalue weighted by Gasteiger charge is 2.50. The molecular weight excluding hydrogens is 400 g/mol. The molecular formula is C28H42O4. The number of benzene rings is 2. The van der Waals surface area contributed by atoms with E-state index < -0.39 is 23.9 Å². The summed E-state index contributed by atoms with van der Waals surface area (Å²) in [7, 11) is 0. The Hall–Kier alpha value is -1.72. The van der Waals surface area contributed by atoms with Crippen LogP contribution in [0, 0.1) is 5.92 Å². The topological polar surface area (TPSA) is 58.9 Å². The summed E-state index contributed by atoms with van der Waals surface area (Å²) in [4.78, 5) is 0. The fraction of sp³-hybridized carbons (Fsp3) is 0.571. The minimum Gasteiger partial charge on any atom is -0.388 e. The molecule has 3 atom stereocenters. The van der Waals surface area contributed by atoms with Gasteiger partial charge in [-0.05, 0) is 31.4 Å². The molecule has 0 radical (unpaired) electrons. The maximum Gasteiger partial charge on any atom is 0.204 e. The largest absolute Gasteiger partial charge is 0.388 e. The Balaban J connectivity index is 2.39. The maximum atomic E-state index is 11.6. The molecule has 2 aromatic carbocycles. The quantitative estimate of drug-likeness (QED) is 0.227. The number of hydrogen-bond donors (Lipinski definition) is 2. The molecule has 32 heavy (non-hydrogen) atoms. The summed E-state index contributed by atoms with van der Waals surface area (Å²) < 4.78 is 12.5. The number of aliphatic hydroxyl groups excluding tert-OH is 2. The van der Waals surface area contributed by atoms with Gasteiger partial charge in [0.15, 0.2) is 0 Å². The Labute approximate surface area is 194 Å². The number of aliphatic hydroxyl groups is 2. The normalized spacial score (nSPS) is 14.8. The summed E-state index contributed by atoms with van der Waals surface area (Å²) in [5.74, 6) is -1.77. The first kappa shape index (κ1) is 26.5. The number of rotatable bonds is 16. The predicted octanol–water partition coefficient (Wildman–Crippen LogP) is 6.59. The first-order chi connectivity index (χ1) is 15.6. The van der Waals surface area contributed by atoms with E-state index in [0.717, 1.165) is 24.0 Å². The molecule has 0 amide bonds. The Morgan fingerprint density at radius 2 is 1.19 bits per heavy atom. The first-order valence-electron chi connectivity index (χ1n) is 12.3. The first-order valence-corrected chi connectivity index (χ1v) is 12.3. The summed E-state index contributed by atoms with van der Waals surface area (Å²) in [5, 5.41) is 23.1. The van der Waals surface area contributed by atoms with Gasteiger partial charge in [0, 0.05) is 19.1 Å². The predicted molar refractivity (Wildman–Crippen MR) is 130 cm³/mol. The van der Waals surface area contributed by atoms with E-state index in [1.807, 2.05) is 74.5 Å². The molecule has 2 rings (SSSR count). The van der Waals surface area contributed by atoms with Crippen LogP contribution in [0.2, 0.25) is 0 Å². The zero-order chi connectivity index (χ0) is 23.2. The second kappa shape index (κ2) is 14.4. The third kappa shape index (κ3) is 7.14. The van der Waals surface area contributed by atoms with Crippen LogP contribution < -0.4 is 0 Å². The molecule has 4 heteroatoms. The van der Waals surface area contributed by atoms with E-state index >= 15 is 0 Å². The van der Waals surface area contributed by atoms with Crippen LogP contribution in [0.5, 0.6) is 0 Å². The molecule has 0 aliphatic rings. The van der Waals surface area contributed by atoms with Gasteiger partial charge >= 0.3 is 0 Å². The number of hydrogen-bond acceptors (Lipinski definition) is 4. The van der Waals surface area contributed by atoms with Crippen molar-refractivity contribution in [2.24, 2.45) is 5.92 Å². The molecule has 0 bridgehead atoms. The smallest absolute Gasteiger partial charge is 0.204 e. The Morgan fingerprint density at radius 3 is 1.72 bits per heavy atom. The molecule has 2 N–H and O–H groups in total. The molecule has 0 spiro atoms. The van der Waals surface area contributed by atoms with E-state index in [2.05, 4.69) is 6.92 Å². The van der Waals surface area contributed by atoms with E-state index in [4.69, 9.17) is 9.47 Å². The molecule has 0 saturated heterocycles. The molecule has 0 aliphatic carbocycles. The summed E-state index contributed by atoms with van der Waals surface area (Å²) in [6.45, 7) is 6.77. The van der Waals surface area contributed by atoms with Gasteiger partial charge in [-0.15, -0.1) is 0 Å². The minimum atomic E-state index is -1.34. The third-order valence-corrected chi connectivity index (χ3v) is 6.14. The zero-order valence-electron chi connectivity index (χ0n) is 20.1. The van der Waals surface area contributed by atoms with Crippen molar-refractivity contribution in [1.29, 1.82) is 0 Å². The summed E-state index contributed by atoms with van der Waals surface area (Å²) >= 11 is 0. The van der Waals surface area contributed by atoms with Crippen molar-refractivity contribution in [3.05, 3.63) is 71.8 Å². The van der Waals surface area contributed by atoms with Crippen LogP contribution in [0.3, 0.4) is 0 Å². The van der Waals surface area contributed by atoms with Gasteiger partial charge in [-0.3, -0.25) is 0 Å². The van der Waals surface area contributed by atoms with Crippen molar-refractivity contribution >= 4 is 0 Å². The average molecular weight is 443 g/mol. The summed E-state index contributed by atoms with van der Waals surface area (Å²) in [6.07, 6.45) is 5.79. The fourth-order valence-corrected chi connectivity index (χ4v) is 4.54. The van der Waals surface area contributed by atoms with Crippen molar-refractivity contribution < 1.29 is 19.7 Å². The van der Waals surface area contributed by atoms with Crippen LogP contribution in [-0.2, 0) is 9.47 Å². The lowest BCUT2D eigenvalue weighted by Gasteiger charge is -2.45. The van der Waals surface area contributed by atoms with E-state index in [1.165, 1.54) is 25.7 Å². The number of ether oxygens (including phenoxy) is 2. The van der Waals surface area contributed by atoms with E-state index in [0.29, 0.717) is 19.6 Å². The lowest BCUT2D eigenvalue weighted by Crippen LogP contribution is -2.51.